The molecule has 0 radical (unpaired) electrons. The van der Waals surface area contributed by atoms with Crippen LogP contribution in [0.25, 0.3) is 0 Å². The first-order chi connectivity index (χ1) is 9.12. The monoisotopic (exact) mass is 271 g/mol. The molecule has 9 nitrogen and oxygen atoms in total. The second-order valence-corrected chi connectivity index (χ2v) is 3.77. The summed E-state index contributed by atoms with van der Waals surface area (Å²) in [6.45, 7) is 0.226. The van der Waals surface area contributed by atoms with Gasteiger partial charge in [-0.25, -0.2) is 10.8 Å². The molecule has 1 rings (SSSR count). The molecular formula is C10H17N5O4. The summed E-state index contributed by atoms with van der Waals surface area (Å²) in [5.41, 5.74) is 2.15. The molecule has 1 unspecified atom stereocenters. The van der Waals surface area contributed by atoms with Crippen molar-refractivity contribution in [2.75, 3.05) is 31.1 Å². The first kappa shape index (κ1) is 15.1. The molecular weight excluding hydrogens is 254 g/mol. The molecule has 0 amide bonds. The van der Waals surface area contributed by atoms with Gasteiger partial charge in [0.25, 0.3) is 0 Å². The number of anilines is 2. The van der Waals surface area contributed by atoms with Crippen LogP contribution in [-0.4, -0.2) is 41.4 Å². The van der Waals surface area contributed by atoms with Gasteiger partial charge in [0.1, 0.15) is 5.82 Å². The number of hydrogen-bond donors (Lipinski definition) is 4. The molecule has 0 bridgehead atoms. The molecule has 0 spiro atoms. The highest BCUT2D eigenvalue weighted by Gasteiger charge is 2.19. The number of ether oxygens (including phenoxy) is 1. The number of nitrogens with one attached hydrogen (secondary N) is 2. The molecule has 5 N–H and O–H groups in total. The Balaban J connectivity index is 2.97. The molecule has 0 saturated carbocycles. The van der Waals surface area contributed by atoms with Gasteiger partial charge in [0.05, 0.1) is 17.6 Å². The summed E-state index contributed by atoms with van der Waals surface area (Å²) in [6.07, 6.45) is 0.382. The number of pyridine rings is 1. The van der Waals surface area contributed by atoms with Crippen LogP contribution in [0.2, 0.25) is 0 Å². The van der Waals surface area contributed by atoms with Gasteiger partial charge in [0.2, 0.25) is 5.82 Å². The van der Waals surface area contributed by atoms with Gasteiger partial charge in [-0.2, -0.15) is 0 Å². The van der Waals surface area contributed by atoms with Crippen LogP contribution < -0.4 is 16.6 Å². The van der Waals surface area contributed by atoms with Crippen molar-refractivity contribution in [3.8, 4) is 0 Å². The number of nitro groups is 1. The van der Waals surface area contributed by atoms with E-state index in [2.05, 4.69) is 15.7 Å². The van der Waals surface area contributed by atoms with Crippen LogP contribution in [0.1, 0.15) is 6.42 Å². The molecule has 1 atom stereocenters. The van der Waals surface area contributed by atoms with Crippen molar-refractivity contribution in [3.05, 3.63) is 22.2 Å². The SMILES string of the molecule is COCC(CCO)Nc1nc(NN)ccc1[N+](=O)[O-]. The van der Waals surface area contributed by atoms with Crippen molar-refractivity contribution in [1.82, 2.24) is 4.98 Å². The van der Waals surface area contributed by atoms with Gasteiger partial charge < -0.3 is 20.6 Å². The quantitative estimate of drug-likeness (QED) is 0.296. The number of nitrogens with two attached hydrogens (primary N) is 1. The summed E-state index contributed by atoms with van der Waals surface area (Å²) >= 11 is 0. The Kier molecular flexibility index (Phi) is 5.93. The van der Waals surface area contributed by atoms with Gasteiger partial charge in [0, 0.05) is 19.8 Å². The van der Waals surface area contributed by atoms with Crippen LogP contribution >= 0.6 is 0 Å². The molecule has 9 heteroatoms. The number of nitrogen functional groups attached to an aromatic ring is 1. The number of hydrogen-bond acceptors (Lipinski definition) is 8. The topological polar surface area (TPSA) is 136 Å². The van der Waals surface area contributed by atoms with Crippen LogP contribution in [0.15, 0.2) is 12.1 Å². The number of hydrazine groups is 1. The van der Waals surface area contributed by atoms with E-state index in [0.29, 0.717) is 18.8 Å². The van der Waals surface area contributed by atoms with Gasteiger partial charge in [0.15, 0.2) is 0 Å². The van der Waals surface area contributed by atoms with E-state index in [1.165, 1.54) is 19.2 Å². The van der Waals surface area contributed by atoms with E-state index in [1.807, 2.05) is 0 Å². The van der Waals surface area contributed by atoms with Crippen LogP contribution in [0.5, 0.6) is 0 Å². The lowest BCUT2D eigenvalue weighted by molar-refractivity contribution is -0.384. The molecule has 0 aliphatic heterocycles. The summed E-state index contributed by atoms with van der Waals surface area (Å²) in [4.78, 5) is 14.4. The van der Waals surface area contributed by atoms with E-state index >= 15 is 0 Å². The number of aromatic nitrogens is 1. The van der Waals surface area contributed by atoms with E-state index in [4.69, 9.17) is 15.7 Å². The fraction of sp³-hybridized carbons (Fsp3) is 0.500. The lowest BCUT2D eigenvalue weighted by Gasteiger charge is -2.17. The predicted octanol–water partition coefficient (Wildman–Crippen LogP) is 0.0847. The highest BCUT2D eigenvalue weighted by molar-refractivity contribution is 5.60. The van der Waals surface area contributed by atoms with Crippen LogP contribution in [0.4, 0.5) is 17.3 Å². The fourth-order valence-corrected chi connectivity index (χ4v) is 1.53. The van der Waals surface area contributed by atoms with Crippen LogP contribution in [0, 0.1) is 10.1 Å². The van der Waals surface area contributed by atoms with E-state index in [0.717, 1.165) is 0 Å². The van der Waals surface area contributed by atoms with Crippen molar-refractivity contribution in [1.29, 1.82) is 0 Å². The molecule has 0 saturated heterocycles. The molecule has 19 heavy (non-hydrogen) atoms. The minimum atomic E-state index is -0.543. The average Bonchev–Trinajstić information content (AvgIpc) is 2.38. The minimum absolute atomic E-state index is 0.0658. The number of aliphatic hydroxyl groups is 1. The van der Waals surface area contributed by atoms with E-state index < -0.39 is 4.92 Å². The summed E-state index contributed by atoms with van der Waals surface area (Å²) in [5.74, 6) is 5.60. The smallest absolute Gasteiger partial charge is 0.311 e. The van der Waals surface area contributed by atoms with Crippen molar-refractivity contribution in [3.63, 3.8) is 0 Å². The second-order valence-electron chi connectivity index (χ2n) is 3.77. The molecule has 1 heterocycles. The Bertz CT molecular complexity index is 422. The number of nitrogens with zero attached hydrogens (tertiary/aromatic N) is 2. The van der Waals surface area contributed by atoms with Gasteiger partial charge in [-0.1, -0.05) is 0 Å². The second kappa shape index (κ2) is 7.46. The predicted molar refractivity (Wildman–Crippen MR) is 69.7 cm³/mol. The standard InChI is InChI=1S/C10H17N5O4/c1-19-6-7(4-5-16)12-10-8(15(17)18)2-3-9(13-10)14-11/h2-3,7,16H,4-6,11H2,1H3,(H2,12,13,14). The summed E-state index contributed by atoms with van der Waals surface area (Å²) in [6, 6.07) is 2.42. The van der Waals surface area contributed by atoms with E-state index in [9.17, 15) is 10.1 Å². The van der Waals surface area contributed by atoms with Gasteiger partial charge in [-0.15, -0.1) is 0 Å². The highest BCUT2D eigenvalue weighted by atomic mass is 16.6. The maximum atomic E-state index is 10.9. The van der Waals surface area contributed by atoms with Crippen molar-refractivity contribution >= 4 is 17.3 Å². The lowest BCUT2D eigenvalue weighted by atomic mass is 10.2. The molecule has 0 fully saturated rings. The number of rotatable bonds is 8. The molecule has 0 aliphatic rings. The normalized spacial score (nSPS) is 11.9. The Morgan fingerprint density at radius 2 is 2.37 bits per heavy atom. The minimum Gasteiger partial charge on any atom is -0.396 e. The largest absolute Gasteiger partial charge is 0.396 e. The summed E-state index contributed by atoms with van der Waals surface area (Å²) in [5, 5.41) is 22.7. The third-order valence-corrected chi connectivity index (χ3v) is 2.40. The molecule has 0 aromatic carbocycles. The number of aliphatic hydroxyl groups excluding tert-OH is 1. The zero-order valence-corrected chi connectivity index (χ0v) is 10.5. The summed E-state index contributed by atoms with van der Waals surface area (Å²) < 4.78 is 4.97. The Morgan fingerprint density at radius 3 is 2.89 bits per heavy atom. The fourth-order valence-electron chi connectivity index (χ4n) is 1.53. The average molecular weight is 271 g/mol. The van der Waals surface area contributed by atoms with Gasteiger partial charge in [-0.05, 0) is 12.5 Å². The van der Waals surface area contributed by atoms with Crippen LogP contribution in [-0.2, 0) is 4.74 Å². The summed E-state index contributed by atoms with van der Waals surface area (Å²) in [7, 11) is 1.51. The third-order valence-electron chi connectivity index (χ3n) is 2.40. The maximum absolute atomic E-state index is 10.9. The molecule has 106 valence electrons. The number of methoxy groups -OCH3 is 1. The Labute approximate surface area is 109 Å². The molecule has 1 aromatic heterocycles. The Hall–Kier alpha value is -1.97. The molecule has 0 aliphatic carbocycles. The first-order valence-corrected chi connectivity index (χ1v) is 5.60. The zero-order valence-electron chi connectivity index (χ0n) is 10.5. The van der Waals surface area contributed by atoms with Crippen molar-refractivity contribution in [2.45, 2.75) is 12.5 Å². The van der Waals surface area contributed by atoms with Crippen molar-refractivity contribution < 1.29 is 14.8 Å². The van der Waals surface area contributed by atoms with E-state index in [1.54, 1.807) is 0 Å². The Morgan fingerprint density at radius 1 is 1.63 bits per heavy atom. The molecule has 1 aromatic rings. The highest BCUT2D eigenvalue weighted by Crippen LogP contribution is 2.24. The maximum Gasteiger partial charge on any atom is 0.311 e. The van der Waals surface area contributed by atoms with Crippen molar-refractivity contribution in [2.24, 2.45) is 5.84 Å². The van der Waals surface area contributed by atoms with E-state index in [-0.39, 0.29) is 24.2 Å². The third kappa shape index (κ3) is 4.32. The van der Waals surface area contributed by atoms with Gasteiger partial charge >= 0.3 is 5.69 Å². The zero-order chi connectivity index (χ0) is 14.3. The van der Waals surface area contributed by atoms with Gasteiger partial charge in [-0.3, -0.25) is 10.1 Å². The van der Waals surface area contributed by atoms with Crippen LogP contribution in [0.3, 0.4) is 0 Å². The first-order valence-electron chi connectivity index (χ1n) is 5.60. The lowest BCUT2D eigenvalue weighted by Crippen LogP contribution is -2.27.